The number of unbranched alkanes of at least 4 members (excludes halogenated alkanes) is 51. The first-order chi connectivity index (χ1) is 38.0. The summed E-state index contributed by atoms with van der Waals surface area (Å²) in [5.74, 6) is -0.134. The van der Waals surface area contributed by atoms with E-state index in [2.05, 4.69) is 31.3 Å². The van der Waals surface area contributed by atoms with Gasteiger partial charge in [0.25, 0.3) is 0 Å². The van der Waals surface area contributed by atoms with Crippen LogP contribution in [0, 0.1) is 0 Å². The van der Waals surface area contributed by atoms with Crippen molar-refractivity contribution in [1.82, 2.24) is 5.32 Å². The second-order valence-corrected chi connectivity index (χ2v) is 27.1. The molecule has 0 saturated heterocycles. The third-order valence-electron chi connectivity index (χ3n) is 16.5. The quantitative estimate of drug-likeness (QED) is 0.0243. The standard InChI is InChI=1S/C69H139N2O6P/c1-6-8-10-12-14-16-18-20-22-24-26-28-29-30-31-32-33-34-35-36-37-38-39-40-41-43-45-47-49-51-53-55-57-59-61-63-69(73)70-67(66-77-78(74,75)76-65-64-71(3,4)5)68(72)62-60-58-56-54-52-50-48-46-44-42-27-25-23-21-19-17-15-13-11-9-7-2/h24,26,67-68,72H,6-23,25,27-66H2,1-5H3,(H-,70,73,74,75)/p+1/b26-24-. The Labute approximate surface area is 488 Å². The van der Waals surface area contributed by atoms with Crippen molar-refractivity contribution in [2.45, 2.75) is 386 Å². The minimum absolute atomic E-state index is 0.0786. The smallest absolute Gasteiger partial charge is 0.391 e. The maximum Gasteiger partial charge on any atom is 0.472 e. The van der Waals surface area contributed by atoms with Gasteiger partial charge in [-0.1, -0.05) is 341 Å². The lowest BCUT2D eigenvalue weighted by molar-refractivity contribution is -0.870. The average Bonchev–Trinajstić information content (AvgIpc) is 3.41. The van der Waals surface area contributed by atoms with Crippen LogP contribution in [-0.4, -0.2) is 73.4 Å². The zero-order chi connectivity index (χ0) is 57.0. The van der Waals surface area contributed by atoms with Crippen LogP contribution < -0.4 is 5.32 Å². The molecule has 0 aliphatic heterocycles. The zero-order valence-electron chi connectivity index (χ0n) is 53.5. The van der Waals surface area contributed by atoms with Crippen molar-refractivity contribution in [1.29, 1.82) is 0 Å². The van der Waals surface area contributed by atoms with E-state index in [1.54, 1.807) is 0 Å². The molecule has 0 aromatic rings. The van der Waals surface area contributed by atoms with E-state index < -0.39 is 20.0 Å². The van der Waals surface area contributed by atoms with Crippen molar-refractivity contribution in [3.63, 3.8) is 0 Å². The number of quaternary nitrogens is 1. The molecule has 0 rings (SSSR count). The van der Waals surface area contributed by atoms with Gasteiger partial charge < -0.3 is 19.8 Å². The van der Waals surface area contributed by atoms with Gasteiger partial charge in [0.2, 0.25) is 5.91 Å². The van der Waals surface area contributed by atoms with E-state index in [1.165, 1.54) is 308 Å². The van der Waals surface area contributed by atoms with Crippen LogP contribution in [0.3, 0.4) is 0 Å². The summed E-state index contributed by atoms with van der Waals surface area (Å²) < 4.78 is 23.9. The molecule has 3 N–H and O–H groups in total. The molecule has 3 atom stereocenters. The Morgan fingerprint density at radius 3 is 0.987 bits per heavy atom. The lowest BCUT2D eigenvalue weighted by Gasteiger charge is -2.26. The third kappa shape index (κ3) is 62.8. The van der Waals surface area contributed by atoms with Crippen molar-refractivity contribution < 1.29 is 32.9 Å². The number of hydrogen-bond donors (Lipinski definition) is 3. The Hall–Kier alpha value is -0.760. The van der Waals surface area contributed by atoms with Crippen molar-refractivity contribution in [3.05, 3.63) is 12.2 Å². The SMILES string of the molecule is CCCCCCCCCC/C=C\CCCCCCCCCCCCCCCCCCCCCCCCCC(=O)NC(COP(=O)(O)OCC[N+](C)(C)C)C(O)CCCCCCCCCCCCCCCCCCCCCCC. The van der Waals surface area contributed by atoms with Gasteiger partial charge in [-0.3, -0.25) is 13.8 Å². The second kappa shape index (κ2) is 60.8. The maximum atomic E-state index is 13.1. The number of likely N-dealkylation sites (N-methyl/N-ethyl adjacent to an activating group) is 1. The molecule has 0 saturated carbocycles. The lowest BCUT2D eigenvalue weighted by atomic mass is 10.0. The summed E-state index contributed by atoms with van der Waals surface area (Å²) in [5, 5.41) is 14.1. The number of amides is 1. The summed E-state index contributed by atoms with van der Waals surface area (Å²) in [6.45, 7) is 4.95. The number of allylic oxidation sites excluding steroid dienone is 2. The van der Waals surface area contributed by atoms with Crippen LogP contribution >= 0.6 is 7.82 Å². The van der Waals surface area contributed by atoms with Gasteiger partial charge in [0.05, 0.1) is 39.9 Å². The van der Waals surface area contributed by atoms with Crippen LogP contribution in [0.15, 0.2) is 12.2 Å². The number of aliphatic hydroxyl groups excluding tert-OH is 1. The number of phosphoric ester groups is 1. The van der Waals surface area contributed by atoms with Crippen molar-refractivity contribution >= 4 is 13.7 Å². The van der Waals surface area contributed by atoms with Gasteiger partial charge >= 0.3 is 7.82 Å². The van der Waals surface area contributed by atoms with Crippen LogP contribution in [0.5, 0.6) is 0 Å². The first-order valence-corrected chi connectivity index (χ1v) is 36.5. The van der Waals surface area contributed by atoms with E-state index in [-0.39, 0.29) is 19.1 Å². The fraction of sp³-hybridized carbons (Fsp3) is 0.957. The molecule has 9 heteroatoms. The molecule has 8 nitrogen and oxygen atoms in total. The van der Waals surface area contributed by atoms with Gasteiger partial charge in [-0.05, 0) is 38.5 Å². The normalized spacial score (nSPS) is 13.7. The monoisotopic (exact) mass is 1120 g/mol. The summed E-state index contributed by atoms with van der Waals surface area (Å²) in [4.78, 5) is 23.4. The van der Waals surface area contributed by atoms with Crippen LogP contribution in [0.25, 0.3) is 0 Å². The topological polar surface area (TPSA) is 105 Å². The Morgan fingerprint density at radius 2 is 0.692 bits per heavy atom. The summed E-state index contributed by atoms with van der Waals surface area (Å²) in [6.07, 6.45) is 77.5. The van der Waals surface area contributed by atoms with Gasteiger partial charge in [0.1, 0.15) is 13.2 Å². The molecule has 1 amide bonds. The summed E-state index contributed by atoms with van der Waals surface area (Å²) >= 11 is 0. The van der Waals surface area contributed by atoms with Gasteiger partial charge in [-0.15, -0.1) is 0 Å². The molecule has 0 bridgehead atoms. The van der Waals surface area contributed by atoms with Crippen LogP contribution in [0.1, 0.15) is 373 Å². The fourth-order valence-electron chi connectivity index (χ4n) is 11.0. The minimum atomic E-state index is -4.32. The first-order valence-electron chi connectivity index (χ1n) is 35.1. The molecule has 0 aromatic heterocycles. The Morgan fingerprint density at radius 1 is 0.423 bits per heavy atom. The fourth-order valence-corrected chi connectivity index (χ4v) is 11.8. The van der Waals surface area contributed by atoms with Gasteiger partial charge in [-0.25, -0.2) is 4.57 Å². The van der Waals surface area contributed by atoms with E-state index in [1.807, 2.05) is 21.1 Å². The Balaban J connectivity index is 3.94. The van der Waals surface area contributed by atoms with Crippen molar-refractivity contribution in [2.75, 3.05) is 40.9 Å². The van der Waals surface area contributed by atoms with E-state index in [0.717, 1.165) is 38.5 Å². The minimum Gasteiger partial charge on any atom is -0.391 e. The van der Waals surface area contributed by atoms with E-state index in [4.69, 9.17) is 9.05 Å². The molecule has 0 aliphatic carbocycles. The van der Waals surface area contributed by atoms with E-state index in [0.29, 0.717) is 23.9 Å². The number of nitrogens with zero attached hydrogens (tertiary/aromatic N) is 1. The highest BCUT2D eigenvalue weighted by atomic mass is 31.2. The number of carbonyl (C=O) groups is 1. The summed E-state index contributed by atoms with van der Waals surface area (Å²) in [5.41, 5.74) is 0. The van der Waals surface area contributed by atoms with Gasteiger partial charge in [0, 0.05) is 6.42 Å². The molecule has 0 aromatic carbocycles. The van der Waals surface area contributed by atoms with E-state index in [9.17, 15) is 19.4 Å². The summed E-state index contributed by atoms with van der Waals surface area (Å²) in [6, 6.07) is -0.758. The Kier molecular flexibility index (Phi) is 60.2. The number of phosphoric acid groups is 1. The summed E-state index contributed by atoms with van der Waals surface area (Å²) in [7, 11) is 1.64. The lowest BCUT2D eigenvalue weighted by Crippen LogP contribution is -2.46. The highest BCUT2D eigenvalue weighted by Crippen LogP contribution is 2.43. The zero-order valence-corrected chi connectivity index (χ0v) is 54.3. The highest BCUT2D eigenvalue weighted by Gasteiger charge is 2.28. The predicted molar refractivity (Wildman–Crippen MR) is 342 cm³/mol. The molecule has 0 spiro atoms. The first kappa shape index (κ1) is 77.2. The molecule has 3 unspecified atom stereocenters. The Bertz CT molecular complexity index is 1280. The predicted octanol–water partition coefficient (Wildman–Crippen LogP) is 22.1. The van der Waals surface area contributed by atoms with Crippen LogP contribution in [-0.2, 0) is 18.4 Å². The highest BCUT2D eigenvalue weighted by molar-refractivity contribution is 7.47. The molecular weight excluding hydrogens is 984 g/mol. The van der Waals surface area contributed by atoms with Gasteiger partial charge in [-0.2, -0.15) is 0 Å². The maximum absolute atomic E-state index is 13.1. The molecular formula is C69H140N2O6P+. The van der Waals surface area contributed by atoms with Crippen LogP contribution in [0.4, 0.5) is 0 Å². The number of nitrogens with one attached hydrogen (secondary N) is 1. The number of hydrogen-bond acceptors (Lipinski definition) is 5. The van der Waals surface area contributed by atoms with E-state index >= 15 is 0 Å². The largest absolute Gasteiger partial charge is 0.472 e. The third-order valence-corrected chi connectivity index (χ3v) is 17.5. The average molecular weight is 1120 g/mol. The number of carbonyl (C=O) groups excluding carboxylic acids is 1. The van der Waals surface area contributed by atoms with Crippen LogP contribution in [0.2, 0.25) is 0 Å². The molecule has 0 aliphatic rings. The second-order valence-electron chi connectivity index (χ2n) is 25.6. The molecule has 0 heterocycles. The molecule has 0 radical (unpaired) electrons. The molecule has 78 heavy (non-hydrogen) atoms. The number of aliphatic hydroxyl groups is 1. The number of rotatable bonds is 66. The van der Waals surface area contributed by atoms with Gasteiger partial charge in [0.15, 0.2) is 0 Å². The molecule has 466 valence electrons. The van der Waals surface area contributed by atoms with Crippen molar-refractivity contribution in [2.24, 2.45) is 0 Å². The van der Waals surface area contributed by atoms with Crippen molar-refractivity contribution in [3.8, 4) is 0 Å². The molecule has 0 fully saturated rings.